The Morgan fingerprint density at radius 3 is 2.71 bits per heavy atom. The second-order valence-electron chi connectivity index (χ2n) is 5.15. The zero-order chi connectivity index (χ0) is 16.9. The first-order valence-electron chi connectivity index (χ1n) is 7.52. The van der Waals surface area contributed by atoms with Crippen molar-refractivity contribution in [3.63, 3.8) is 0 Å². The maximum Gasteiger partial charge on any atom is 0.224 e. The molecule has 122 valence electrons. The van der Waals surface area contributed by atoms with Gasteiger partial charge in [0.05, 0.1) is 5.69 Å². The number of carbonyl (C=O) groups is 1. The summed E-state index contributed by atoms with van der Waals surface area (Å²) in [6, 6.07) is 15.2. The lowest BCUT2D eigenvalue weighted by molar-refractivity contribution is -0.115. The molecule has 0 atom stereocenters. The number of aromatic nitrogens is 1. The SMILES string of the molecule is CCC(=O)Nc1cccc(-c2csc(Nc3ccc(Cl)cc3)n2)c1. The first-order chi connectivity index (χ1) is 11.6. The van der Waals surface area contributed by atoms with Crippen LogP contribution >= 0.6 is 22.9 Å². The molecule has 0 saturated heterocycles. The summed E-state index contributed by atoms with van der Waals surface area (Å²) < 4.78 is 0. The fraction of sp³-hybridized carbons (Fsp3) is 0.111. The van der Waals surface area contributed by atoms with Gasteiger partial charge in [0.1, 0.15) is 0 Å². The van der Waals surface area contributed by atoms with Gasteiger partial charge < -0.3 is 10.6 Å². The van der Waals surface area contributed by atoms with Crippen molar-refractivity contribution in [3.05, 3.63) is 58.9 Å². The van der Waals surface area contributed by atoms with E-state index in [0.717, 1.165) is 27.8 Å². The van der Waals surface area contributed by atoms with E-state index in [1.165, 1.54) is 11.3 Å². The van der Waals surface area contributed by atoms with Crippen molar-refractivity contribution in [2.45, 2.75) is 13.3 Å². The van der Waals surface area contributed by atoms with Crippen LogP contribution in [0.2, 0.25) is 5.02 Å². The fourth-order valence-electron chi connectivity index (χ4n) is 2.13. The Morgan fingerprint density at radius 1 is 1.17 bits per heavy atom. The van der Waals surface area contributed by atoms with E-state index < -0.39 is 0 Å². The molecule has 0 unspecified atom stereocenters. The number of amides is 1. The number of hydrogen-bond donors (Lipinski definition) is 2. The Bertz CT molecular complexity index is 845. The monoisotopic (exact) mass is 357 g/mol. The predicted octanol–water partition coefficient (Wildman–Crippen LogP) is 5.56. The van der Waals surface area contributed by atoms with Crippen LogP contribution in [0.3, 0.4) is 0 Å². The Kier molecular flexibility index (Phi) is 5.13. The average Bonchev–Trinajstić information content (AvgIpc) is 3.06. The van der Waals surface area contributed by atoms with Crippen molar-refractivity contribution in [1.82, 2.24) is 4.98 Å². The van der Waals surface area contributed by atoms with Crippen molar-refractivity contribution in [1.29, 1.82) is 0 Å². The minimum atomic E-state index is -0.00415. The first kappa shape index (κ1) is 16.5. The molecule has 1 heterocycles. The van der Waals surface area contributed by atoms with Gasteiger partial charge in [0, 0.05) is 33.8 Å². The summed E-state index contributed by atoms with van der Waals surface area (Å²) in [4.78, 5) is 16.1. The van der Waals surface area contributed by atoms with E-state index in [4.69, 9.17) is 11.6 Å². The van der Waals surface area contributed by atoms with Crippen molar-refractivity contribution >= 4 is 45.4 Å². The van der Waals surface area contributed by atoms with Crippen LogP contribution < -0.4 is 10.6 Å². The predicted molar refractivity (Wildman–Crippen MR) is 101 cm³/mol. The summed E-state index contributed by atoms with van der Waals surface area (Å²) in [6.07, 6.45) is 0.454. The number of nitrogens with zero attached hydrogens (tertiary/aromatic N) is 1. The third-order valence-electron chi connectivity index (χ3n) is 3.36. The van der Waals surface area contributed by atoms with E-state index >= 15 is 0 Å². The highest BCUT2D eigenvalue weighted by Crippen LogP contribution is 2.29. The molecule has 2 aromatic carbocycles. The van der Waals surface area contributed by atoms with Gasteiger partial charge in [-0.25, -0.2) is 4.98 Å². The Balaban J connectivity index is 1.76. The molecule has 0 aliphatic carbocycles. The quantitative estimate of drug-likeness (QED) is 0.628. The molecule has 0 spiro atoms. The van der Waals surface area contributed by atoms with E-state index in [-0.39, 0.29) is 5.91 Å². The number of nitrogens with one attached hydrogen (secondary N) is 2. The molecule has 0 fully saturated rings. The lowest BCUT2D eigenvalue weighted by Crippen LogP contribution is -2.09. The van der Waals surface area contributed by atoms with Crippen LogP contribution in [0, 0.1) is 0 Å². The van der Waals surface area contributed by atoms with E-state index in [1.807, 2.05) is 60.8 Å². The summed E-state index contributed by atoms with van der Waals surface area (Å²) in [7, 11) is 0. The van der Waals surface area contributed by atoms with Crippen LogP contribution in [0.25, 0.3) is 11.3 Å². The van der Waals surface area contributed by atoms with E-state index in [2.05, 4.69) is 15.6 Å². The molecule has 1 amide bonds. The van der Waals surface area contributed by atoms with Crippen molar-refractivity contribution in [2.75, 3.05) is 10.6 Å². The molecule has 0 bridgehead atoms. The molecule has 3 rings (SSSR count). The van der Waals surface area contributed by atoms with Crippen molar-refractivity contribution in [2.24, 2.45) is 0 Å². The molecule has 0 aliphatic heterocycles. The number of hydrogen-bond acceptors (Lipinski definition) is 4. The van der Waals surface area contributed by atoms with Gasteiger partial charge in [-0.05, 0) is 36.4 Å². The topological polar surface area (TPSA) is 54.0 Å². The van der Waals surface area contributed by atoms with Gasteiger partial charge in [-0.1, -0.05) is 30.7 Å². The molecule has 24 heavy (non-hydrogen) atoms. The Labute approximate surface area is 149 Å². The molecule has 4 nitrogen and oxygen atoms in total. The van der Waals surface area contributed by atoms with Crippen LogP contribution in [-0.2, 0) is 4.79 Å². The summed E-state index contributed by atoms with van der Waals surface area (Å²) in [5, 5.41) is 9.61. The third kappa shape index (κ3) is 4.13. The molecule has 0 saturated carbocycles. The number of halogens is 1. The molecule has 2 N–H and O–H groups in total. The molecule has 3 aromatic rings. The van der Waals surface area contributed by atoms with Crippen LogP contribution in [0.4, 0.5) is 16.5 Å². The lowest BCUT2D eigenvalue weighted by atomic mass is 10.1. The van der Waals surface area contributed by atoms with Crippen LogP contribution in [0.15, 0.2) is 53.9 Å². The Morgan fingerprint density at radius 2 is 1.96 bits per heavy atom. The molecule has 0 radical (unpaired) electrons. The number of anilines is 3. The first-order valence-corrected chi connectivity index (χ1v) is 8.78. The molecule has 6 heteroatoms. The van der Waals surface area contributed by atoms with Gasteiger partial charge in [0.25, 0.3) is 0 Å². The lowest BCUT2D eigenvalue weighted by Gasteiger charge is -2.05. The van der Waals surface area contributed by atoms with Crippen LogP contribution in [0.1, 0.15) is 13.3 Å². The number of thiazole rings is 1. The number of rotatable bonds is 5. The van der Waals surface area contributed by atoms with Gasteiger partial charge in [-0.3, -0.25) is 4.79 Å². The van der Waals surface area contributed by atoms with Crippen molar-refractivity contribution in [3.8, 4) is 11.3 Å². The second-order valence-corrected chi connectivity index (χ2v) is 6.45. The highest BCUT2D eigenvalue weighted by molar-refractivity contribution is 7.14. The van der Waals surface area contributed by atoms with Gasteiger partial charge in [-0.2, -0.15) is 0 Å². The highest BCUT2D eigenvalue weighted by Gasteiger charge is 2.07. The van der Waals surface area contributed by atoms with E-state index in [1.54, 1.807) is 0 Å². The van der Waals surface area contributed by atoms with E-state index in [0.29, 0.717) is 11.4 Å². The minimum absolute atomic E-state index is 0.00415. The maximum atomic E-state index is 11.5. The summed E-state index contributed by atoms with van der Waals surface area (Å²) in [5.74, 6) is -0.00415. The molecule has 0 aliphatic rings. The third-order valence-corrected chi connectivity index (χ3v) is 4.37. The summed E-state index contributed by atoms with van der Waals surface area (Å²) in [5.41, 5.74) is 3.54. The molecular weight excluding hydrogens is 342 g/mol. The van der Waals surface area contributed by atoms with Gasteiger partial charge in [0.15, 0.2) is 5.13 Å². The molecule has 1 aromatic heterocycles. The van der Waals surface area contributed by atoms with Gasteiger partial charge >= 0.3 is 0 Å². The maximum absolute atomic E-state index is 11.5. The normalized spacial score (nSPS) is 10.4. The Hall–Kier alpha value is -2.37. The fourth-order valence-corrected chi connectivity index (χ4v) is 2.99. The minimum Gasteiger partial charge on any atom is -0.332 e. The second kappa shape index (κ2) is 7.47. The zero-order valence-corrected chi connectivity index (χ0v) is 14.6. The number of benzene rings is 2. The van der Waals surface area contributed by atoms with E-state index in [9.17, 15) is 4.79 Å². The van der Waals surface area contributed by atoms with Crippen molar-refractivity contribution < 1.29 is 4.79 Å². The molecular formula is C18H16ClN3OS. The van der Waals surface area contributed by atoms with Gasteiger partial charge in [0.2, 0.25) is 5.91 Å². The largest absolute Gasteiger partial charge is 0.332 e. The number of carbonyl (C=O) groups excluding carboxylic acids is 1. The summed E-state index contributed by atoms with van der Waals surface area (Å²) in [6.45, 7) is 1.83. The smallest absolute Gasteiger partial charge is 0.224 e. The van der Waals surface area contributed by atoms with Crippen LogP contribution in [-0.4, -0.2) is 10.9 Å². The average molecular weight is 358 g/mol. The zero-order valence-electron chi connectivity index (χ0n) is 13.0. The summed E-state index contributed by atoms with van der Waals surface area (Å²) >= 11 is 7.41. The van der Waals surface area contributed by atoms with Gasteiger partial charge in [-0.15, -0.1) is 11.3 Å². The van der Waals surface area contributed by atoms with Crippen LogP contribution in [0.5, 0.6) is 0 Å². The highest BCUT2D eigenvalue weighted by atomic mass is 35.5. The standard InChI is InChI=1S/C18H16ClN3OS/c1-2-17(23)20-15-5-3-4-12(10-15)16-11-24-18(22-16)21-14-8-6-13(19)7-9-14/h3-11H,2H2,1H3,(H,20,23)(H,21,22).